The van der Waals surface area contributed by atoms with E-state index in [2.05, 4.69) is 45.0 Å². The van der Waals surface area contributed by atoms with E-state index in [0.29, 0.717) is 26.2 Å². The smallest absolute Gasteiger partial charge is 0.306 e. The molecule has 0 saturated heterocycles. The zero-order chi connectivity index (χ0) is 26.7. The molecule has 0 radical (unpaired) electrons. The van der Waals surface area contributed by atoms with Crippen molar-refractivity contribution in [3.8, 4) is 0 Å². The van der Waals surface area contributed by atoms with E-state index in [1.165, 1.54) is 77.0 Å². The van der Waals surface area contributed by atoms with Crippen molar-refractivity contribution in [2.24, 2.45) is 5.92 Å². The molecule has 5 heteroatoms. The minimum Gasteiger partial charge on any atom is -0.481 e. The molecule has 0 aliphatic heterocycles. The van der Waals surface area contributed by atoms with Crippen LogP contribution in [0, 0.1) is 5.92 Å². The van der Waals surface area contributed by atoms with Crippen molar-refractivity contribution in [2.75, 3.05) is 40.5 Å². The molecule has 5 nitrogen and oxygen atoms in total. The molecule has 214 valence electrons. The van der Waals surface area contributed by atoms with Gasteiger partial charge in [-0.05, 0) is 52.6 Å². The normalized spacial score (nSPS) is 13.6. The maximum Gasteiger partial charge on any atom is 0.306 e. The molecule has 1 N–H and O–H groups in total. The summed E-state index contributed by atoms with van der Waals surface area (Å²) in [6.07, 6.45) is 25.4. The molecule has 0 aromatic heterocycles. The highest BCUT2D eigenvalue weighted by atomic mass is 16.5. The highest BCUT2D eigenvalue weighted by Gasteiger charge is 2.15. The van der Waals surface area contributed by atoms with Gasteiger partial charge in [0.05, 0.1) is 25.2 Å². The van der Waals surface area contributed by atoms with Crippen molar-refractivity contribution in [2.45, 2.75) is 135 Å². The van der Waals surface area contributed by atoms with Crippen LogP contribution in [0.2, 0.25) is 0 Å². The zero-order valence-corrected chi connectivity index (χ0v) is 24.5. The lowest BCUT2D eigenvalue weighted by Crippen LogP contribution is -2.37. The van der Waals surface area contributed by atoms with Crippen LogP contribution >= 0.6 is 0 Å². The Labute approximate surface area is 224 Å². The fourth-order valence-electron chi connectivity index (χ4n) is 4.30. The van der Waals surface area contributed by atoms with Crippen LogP contribution in [-0.4, -0.2) is 62.5 Å². The quantitative estimate of drug-likeness (QED) is 0.0846. The topological polar surface area (TPSA) is 59.0 Å². The molecule has 0 aromatic rings. The van der Waals surface area contributed by atoms with Gasteiger partial charge in [0.2, 0.25) is 0 Å². The van der Waals surface area contributed by atoms with Crippen LogP contribution in [0.3, 0.4) is 0 Å². The first-order valence-corrected chi connectivity index (χ1v) is 15.2. The lowest BCUT2D eigenvalue weighted by molar-refractivity contribution is -0.141. The van der Waals surface area contributed by atoms with E-state index in [0.717, 1.165) is 38.7 Å². The fraction of sp³-hybridized carbons (Fsp3) is 0.903. The van der Waals surface area contributed by atoms with Gasteiger partial charge in [0.1, 0.15) is 0 Å². The molecule has 2 unspecified atom stereocenters. The van der Waals surface area contributed by atoms with Crippen LogP contribution in [0.1, 0.15) is 129 Å². The van der Waals surface area contributed by atoms with Gasteiger partial charge in [0.25, 0.3) is 0 Å². The third-order valence-electron chi connectivity index (χ3n) is 7.00. The summed E-state index contributed by atoms with van der Waals surface area (Å²) in [6.45, 7) is 7.38. The zero-order valence-electron chi connectivity index (χ0n) is 24.5. The second-order valence-corrected chi connectivity index (χ2v) is 10.7. The molecule has 0 fully saturated rings. The molecule has 0 aliphatic carbocycles. The number of aliphatic carboxylic acids is 1. The number of rotatable bonds is 28. The number of nitrogens with zero attached hydrogens (tertiary/aromatic N) is 1. The molecule has 0 rings (SSSR count). The summed E-state index contributed by atoms with van der Waals surface area (Å²) in [4.78, 5) is 13.8. The molecule has 0 amide bonds. The molecule has 0 spiro atoms. The summed E-state index contributed by atoms with van der Waals surface area (Å²) >= 11 is 0. The van der Waals surface area contributed by atoms with Gasteiger partial charge in [-0.25, -0.2) is 0 Å². The Hall–Kier alpha value is -0.910. The number of hydrogen-bond acceptors (Lipinski definition) is 4. The van der Waals surface area contributed by atoms with E-state index in [1.807, 2.05) is 0 Å². The maximum absolute atomic E-state index is 11.6. The Morgan fingerprint density at radius 3 is 1.75 bits per heavy atom. The summed E-state index contributed by atoms with van der Waals surface area (Å²) < 4.78 is 11.8. The Balaban J connectivity index is 3.83. The summed E-state index contributed by atoms with van der Waals surface area (Å²) in [5.41, 5.74) is 0. The monoisotopic (exact) mass is 511 g/mol. The molecule has 0 aromatic carbocycles. The van der Waals surface area contributed by atoms with Gasteiger partial charge < -0.3 is 19.5 Å². The number of ether oxygens (including phenoxy) is 2. The van der Waals surface area contributed by atoms with E-state index < -0.39 is 5.97 Å². The number of carbonyl (C=O) groups is 1. The highest BCUT2D eigenvalue weighted by Crippen LogP contribution is 2.15. The first-order valence-electron chi connectivity index (χ1n) is 15.2. The van der Waals surface area contributed by atoms with Crippen LogP contribution in [0.25, 0.3) is 0 Å². The Bertz CT molecular complexity index is 495. The van der Waals surface area contributed by atoms with Crippen molar-refractivity contribution in [3.63, 3.8) is 0 Å². The molecular formula is C31H61NO4. The summed E-state index contributed by atoms with van der Waals surface area (Å²) in [6, 6.07) is 0.262. The molecule has 0 heterocycles. The van der Waals surface area contributed by atoms with Crippen molar-refractivity contribution in [1.82, 2.24) is 4.90 Å². The largest absolute Gasteiger partial charge is 0.481 e. The minimum atomic E-state index is -0.675. The van der Waals surface area contributed by atoms with Gasteiger partial charge in [-0.2, -0.15) is 0 Å². The Morgan fingerprint density at radius 2 is 1.22 bits per heavy atom. The third kappa shape index (κ3) is 23.5. The first kappa shape index (κ1) is 35.1. The lowest BCUT2D eigenvalue weighted by atomic mass is 9.98. The highest BCUT2D eigenvalue weighted by molar-refractivity contribution is 5.70. The third-order valence-corrected chi connectivity index (χ3v) is 7.00. The van der Waals surface area contributed by atoms with E-state index >= 15 is 0 Å². The number of hydrogen-bond donors (Lipinski definition) is 1. The predicted molar refractivity (Wildman–Crippen MR) is 154 cm³/mol. The van der Waals surface area contributed by atoms with Crippen molar-refractivity contribution >= 4 is 5.97 Å². The van der Waals surface area contributed by atoms with Gasteiger partial charge in [-0.1, -0.05) is 103 Å². The average Bonchev–Trinajstić information content (AvgIpc) is 2.85. The van der Waals surface area contributed by atoms with Crippen molar-refractivity contribution in [1.29, 1.82) is 0 Å². The lowest BCUT2D eigenvalue weighted by Gasteiger charge is -2.24. The summed E-state index contributed by atoms with van der Waals surface area (Å²) in [7, 11) is 4.14. The van der Waals surface area contributed by atoms with E-state index in [1.54, 1.807) is 0 Å². The number of unbranched alkanes of at least 4 members (excludes halogenated alkanes) is 13. The fourth-order valence-corrected chi connectivity index (χ4v) is 4.30. The average molecular weight is 512 g/mol. The van der Waals surface area contributed by atoms with Gasteiger partial charge >= 0.3 is 5.97 Å². The van der Waals surface area contributed by atoms with E-state index in [4.69, 9.17) is 9.47 Å². The van der Waals surface area contributed by atoms with Gasteiger partial charge in [-0.15, -0.1) is 0 Å². The van der Waals surface area contributed by atoms with Crippen LogP contribution in [0.15, 0.2) is 12.2 Å². The van der Waals surface area contributed by atoms with E-state index in [-0.39, 0.29) is 12.0 Å². The van der Waals surface area contributed by atoms with Crippen LogP contribution in [0.4, 0.5) is 0 Å². The first-order chi connectivity index (χ1) is 17.5. The van der Waals surface area contributed by atoms with Crippen LogP contribution in [0.5, 0.6) is 0 Å². The standard InChI is InChI=1S/C31H61NO4/c1-5-7-9-11-13-14-15-17-19-23-29(31(33)34)24-20-22-26-36-28-30(32(3)4)27-35-25-21-18-16-12-10-8-6-2/h17,19,29-30H,5-16,18,20-28H2,1-4H3,(H,33,34). The number of carboxylic acids is 1. The Morgan fingerprint density at radius 1 is 0.722 bits per heavy atom. The van der Waals surface area contributed by atoms with Gasteiger partial charge in [-0.3, -0.25) is 4.79 Å². The molecule has 0 bridgehead atoms. The SMILES string of the molecule is CCCCCCCCC=CCC(CCCCOCC(COCCCCCCCCC)N(C)C)C(=O)O. The van der Waals surface area contributed by atoms with Crippen LogP contribution < -0.4 is 0 Å². The molecule has 0 saturated carbocycles. The minimum absolute atomic E-state index is 0.262. The van der Waals surface area contributed by atoms with Crippen molar-refractivity contribution in [3.05, 3.63) is 12.2 Å². The Kier molecular flexibility index (Phi) is 26.4. The summed E-state index contributed by atoms with van der Waals surface area (Å²) in [5.74, 6) is -0.953. The van der Waals surface area contributed by atoms with Crippen molar-refractivity contribution < 1.29 is 19.4 Å². The van der Waals surface area contributed by atoms with Gasteiger partial charge in [0, 0.05) is 13.2 Å². The molecule has 2 atom stereocenters. The molecule has 36 heavy (non-hydrogen) atoms. The maximum atomic E-state index is 11.6. The second-order valence-electron chi connectivity index (χ2n) is 10.7. The number of likely N-dealkylation sites (N-methyl/N-ethyl adjacent to an activating group) is 1. The van der Waals surface area contributed by atoms with Gasteiger partial charge in [0.15, 0.2) is 0 Å². The number of carboxylic acid groups (broad SMARTS) is 1. The molecule has 0 aliphatic rings. The molecular weight excluding hydrogens is 450 g/mol. The predicted octanol–water partition coefficient (Wildman–Crippen LogP) is 8.27. The van der Waals surface area contributed by atoms with Crippen LogP contribution in [-0.2, 0) is 14.3 Å². The number of allylic oxidation sites excluding steroid dienone is 2. The summed E-state index contributed by atoms with van der Waals surface area (Å²) in [5, 5.41) is 9.53. The second kappa shape index (κ2) is 27.1. The van der Waals surface area contributed by atoms with E-state index in [9.17, 15) is 9.90 Å².